The van der Waals surface area contributed by atoms with Crippen LogP contribution >= 0.6 is 23.2 Å². The van der Waals surface area contributed by atoms with Gasteiger partial charge in [0.15, 0.2) is 0 Å². The molecule has 1 fully saturated rings. The Morgan fingerprint density at radius 1 is 1.25 bits per heavy atom. The number of nitrogen functional groups attached to an aromatic ring is 1. The molecule has 36 heavy (non-hydrogen) atoms. The van der Waals surface area contributed by atoms with Crippen LogP contribution in [0.2, 0.25) is 10.0 Å². The molecule has 1 aliphatic carbocycles. The molecule has 1 aromatic heterocycles. The third kappa shape index (κ3) is 5.17. The van der Waals surface area contributed by atoms with E-state index in [4.69, 9.17) is 33.7 Å². The number of aromatic nitrogens is 2. The minimum Gasteiger partial charge on any atom is -0.491 e. The average molecular weight is 538 g/mol. The molecule has 3 heterocycles. The van der Waals surface area contributed by atoms with E-state index in [-0.39, 0.29) is 38.5 Å². The number of fused-ring (bicyclic) bond motifs is 1. The predicted octanol–water partition coefficient (Wildman–Crippen LogP) is 4.44. The maximum absolute atomic E-state index is 13.2. The summed E-state index contributed by atoms with van der Waals surface area (Å²) in [6.07, 6.45) is 5.72. The van der Waals surface area contributed by atoms with Crippen LogP contribution in [0.15, 0.2) is 29.5 Å². The van der Waals surface area contributed by atoms with Gasteiger partial charge in [-0.1, -0.05) is 29.3 Å². The molecule has 2 aromatic rings. The van der Waals surface area contributed by atoms with Crippen LogP contribution in [0, 0.1) is 0 Å². The predicted molar refractivity (Wildman–Crippen MR) is 132 cm³/mol. The van der Waals surface area contributed by atoms with Crippen molar-refractivity contribution in [2.75, 3.05) is 18.9 Å². The Labute approximate surface area is 215 Å². The van der Waals surface area contributed by atoms with Crippen LogP contribution in [-0.2, 0) is 13.1 Å². The highest BCUT2D eigenvalue weighted by Crippen LogP contribution is 2.42. The Morgan fingerprint density at radius 3 is 2.78 bits per heavy atom. The smallest absolute Gasteiger partial charge is 0.318 e. The summed E-state index contributed by atoms with van der Waals surface area (Å²) in [7, 11) is 0. The number of benzene rings is 1. The highest BCUT2D eigenvalue weighted by Gasteiger charge is 2.46. The molecular weight excluding hydrogens is 515 g/mol. The fourth-order valence-electron chi connectivity index (χ4n) is 4.36. The second-order valence-corrected chi connectivity index (χ2v) is 9.66. The molecule has 190 valence electrons. The zero-order valence-corrected chi connectivity index (χ0v) is 20.6. The molecule has 13 heteroatoms. The lowest BCUT2D eigenvalue weighted by molar-refractivity contribution is -0.0903. The van der Waals surface area contributed by atoms with E-state index in [1.54, 1.807) is 23.4 Å². The van der Waals surface area contributed by atoms with Crippen molar-refractivity contribution < 1.29 is 18.3 Å². The van der Waals surface area contributed by atoms with Crippen molar-refractivity contribution in [3.8, 4) is 17.0 Å². The number of nitrogens with two attached hydrogens (primary N) is 1. The number of halogens is 4. The second-order valence-electron chi connectivity index (χ2n) is 8.81. The molecule has 9 nitrogen and oxygen atoms in total. The van der Waals surface area contributed by atoms with E-state index in [2.05, 4.69) is 20.4 Å². The largest absolute Gasteiger partial charge is 0.491 e. The summed E-state index contributed by atoms with van der Waals surface area (Å²) < 4.78 is 32.4. The van der Waals surface area contributed by atoms with E-state index < -0.39 is 18.0 Å². The Morgan fingerprint density at radius 2 is 2.06 bits per heavy atom. The Balaban J connectivity index is 1.38. The van der Waals surface area contributed by atoms with E-state index in [1.807, 2.05) is 12.3 Å². The van der Waals surface area contributed by atoms with Gasteiger partial charge in [0.2, 0.25) is 5.95 Å². The maximum atomic E-state index is 13.2. The number of ether oxygens (including phenoxy) is 1. The fraction of sp³-hybridized carbons (Fsp3) is 0.391. The van der Waals surface area contributed by atoms with Gasteiger partial charge >= 0.3 is 6.03 Å². The first-order valence-electron chi connectivity index (χ1n) is 11.3. The van der Waals surface area contributed by atoms with Crippen LogP contribution in [0.25, 0.3) is 11.3 Å². The molecule has 0 bridgehead atoms. The maximum Gasteiger partial charge on any atom is 0.318 e. The fourth-order valence-corrected chi connectivity index (χ4v) is 4.93. The van der Waals surface area contributed by atoms with Crippen LogP contribution < -0.4 is 15.8 Å². The normalized spacial score (nSPS) is 18.2. The molecule has 0 spiro atoms. The van der Waals surface area contributed by atoms with Gasteiger partial charge in [0, 0.05) is 48.3 Å². The number of hydrazone groups is 1. The molecule has 3 N–H and O–H groups in total. The molecule has 1 saturated carbocycles. The van der Waals surface area contributed by atoms with Crippen molar-refractivity contribution in [2.24, 2.45) is 5.10 Å². The van der Waals surface area contributed by atoms with Gasteiger partial charge in [-0.25, -0.2) is 23.5 Å². The zero-order valence-electron chi connectivity index (χ0n) is 19.1. The monoisotopic (exact) mass is 537 g/mol. The van der Waals surface area contributed by atoms with Gasteiger partial charge in [0.1, 0.15) is 12.4 Å². The van der Waals surface area contributed by atoms with E-state index >= 15 is 0 Å². The minimum absolute atomic E-state index is 0.00870. The molecule has 2 aliphatic heterocycles. The Kier molecular flexibility index (Phi) is 6.60. The number of alkyl halides is 2. The average Bonchev–Trinajstić information content (AvgIpc) is 3.22. The Bertz CT molecular complexity index is 1240. The lowest BCUT2D eigenvalue weighted by Crippen LogP contribution is -2.53. The van der Waals surface area contributed by atoms with Crippen molar-refractivity contribution in [1.82, 2.24) is 25.2 Å². The summed E-state index contributed by atoms with van der Waals surface area (Å²) in [4.78, 5) is 22.9. The van der Waals surface area contributed by atoms with Crippen LogP contribution in [0.5, 0.6) is 5.75 Å². The van der Waals surface area contributed by atoms with E-state index in [9.17, 15) is 13.6 Å². The van der Waals surface area contributed by atoms with Crippen molar-refractivity contribution >= 4 is 41.4 Å². The summed E-state index contributed by atoms with van der Waals surface area (Å²) in [5, 5.41) is 9.35. The first-order valence-corrected chi connectivity index (χ1v) is 12.1. The minimum atomic E-state index is -2.72. The molecule has 2 amide bonds. The lowest BCUT2D eigenvalue weighted by atomic mass is 9.88. The number of allylic oxidation sites excluding steroid dienone is 1. The number of hydrogen-bond donors (Lipinski definition) is 2. The molecule has 0 radical (unpaired) electrons. The highest BCUT2D eigenvalue weighted by molar-refractivity contribution is 6.37. The molecule has 0 unspecified atom stereocenters. The number of carbonyl (C=O) groups is 1. The SMILES string of the molecule is Nc1nc2c(c(-c3c(Cl)cc(Cl)cc3OCCN3C=CCC=N3)n1)CN(C(=O)NC1CC(F)(F)C1)C2. The second kappa shape index (κ2) is 9.70. The van der Waals surface area contributed by atoms with Crippen LogP contribution in [0.3, 0.4) is 0 Å². The van der Waals surface area contributed by atoms with Gasteiger partial charge in [-0.2, -0.15) is 5.10 Å². The number of anilines is 1. The number of nitrogens with zero attached hydrogens (tertiary/aromatic N) is 5. The third-order valence-corrected chi connectivity index (χ3v) is 6.60. The summed E-state index contributed by atoms with van der Waals surface area (Å²) in [5.41, 5.74) is 8.10. The van der Waals surface area contributed by atoms with E-state index in [0.29, 0.717) is 44.9 Å². The van der Waals surface area contributed by atoms with Crippen molar-refractivity contribution in [2.45, 2.75) is 44.3 Å². The van der Waals surface area contributed by atoms with Crippen molar-refractivity contribution in [1.29, 1.82) is 0 Å². The van der Waals surface area contributed by atoms with Gasteiger partial charge in [0.05, 0.1) is 41.6 Å². The summed E-state index contributed by atoms with van der Waals surface area (Å²) >= 11 is 12.9. The van der Waals surface area contributed by atoms with Crippen molar-refractivity contribution in [3.63, 3.8) is 0 Å². The number of amides is 2. The standard InChI is InChI=1S/C23H23Cl2F2N7O2/c24-13-7-16(25)19(18(8-13)36-6-5-34-4-2-1-3-29-34)20-15-11-33(12-17(15)31-21(28)32-20)22(35)30-14-9-23(26,27)10-14/h2-4,7-8,14H,1,5-6,9-12H2,(H,30,35)(H2,28,31,32). The molecule has 5 rings (SSSR count). The summed E-state index contributed by atoms with van der Waals surface area (Å²) in [5.74, 6) is -2.32. The first kappa shape index (κ1) is 24.5. The summed E-state index contributed by atoms with van der Waals surface area (Å²) in [6.45, 7) is 1.10. The van der Waals surface area contributed by atoms with Gasteiger partial charge in [0.25, 0.3) is 5.92 Å². The number of hydrogen-bond acceptors (Lipinski definition) is 7. The number of urea groups is 1. The van der Waals surface area contributed by atoms with Crippen molar-refractivity contribution in [3.05, 3.63) is 45.7 Å². The van der Waals surface area contributed by atoms with Crippen LogP contribution in [-0.4, -0.2) is 57.2 Å². The van der Waals surface area contributed by atoms with E-state index in [0.717, 1.165) is 6.42 Å². The zero-order chi connectivity index (χ0) is 25.4. The van der Waals surface area contributed by atoms with E-state index in [1.165, 1.54) is 4.90 Å². The first-order chi connectivity index (χ1) is 17.2. The van der Waals surface area contributed by atoms with Crippen LogP contribution in [0.4, 0.5) is 19.5 Å². The molecule has 0 atom stereocenters. The van der Waals surface area contributed by atoms with Gasteiger partial charge in [-0.05, 0) is 12.1 Å². The van der Waals surface area contributed by atoms with Gasteiger partial charge in [-0.15, -0.1) is 0 Å². The topological polar surface area (TPSA) is 109 Å². The molecule has 1 aromatic carbocycles. The highest BCUT2D eigenvalue weighted by atomic mass is 35.5. The molecule has 0 saturated heterocycles. The third-order valence-electron chi connectivity index (χ3n) is 6.09. The summed E-state index contributed by atoms with van der Waals surface area (Å²) in [6, 6.07) is 2.20. The number of nitrogens with one attached hydrogen (secondary N) is 1. The van der Waals surface area contributed by atoms with Gasteiger partial charge < -0.3 is 20.7 Å². The van der Waals surface area contributed by atoms with Gasteiger partial charge in [-0.3, -0.25) is 5.01 Å². The quantitative estimate of drug-likeness (QED) is 0.563. The number of rotatable bonds is 6. The molecule has 3 aliphatic rings. The lowest BCUT2D eigenvalue weighted by Gasteiger charge is -2.36. The number of carbonyl (C=O) groups excluding carboxylic acids is 1. The molecular formula is C23H23Cl2F2N7O2. The Hall–Kier alpha value is -3.18. The van der Waals surface area contributed by atoms with Crippen LogP contribution in [0.1, 0.15) is 30.5 Å².